The molecule has 0 aromatic heterocycles. The summed E-state index contributed by atoms with van der Waals surface area (Å²) in [5.41, 5.74) is 1.38. The lowest BCUT2D eigenvalue weighted by molar-refractivity contribution is -0.286. The smallest absolute Gasteiger partial charge is 0.229 e. The molecule has 3 rings (SSSR count). The van der Waals surface area contributed by atoms with Gasteiger partial charge in [0.2, 0.25) is 6.29 Å². The molecule has 1 unspecified atom stereocenters. The number of benzene rings is 2. The zero-order chi connectivity index (χ0) is 23.6. The van der Waals surface area contributed by atoms with Gasteiger partial charge in [0.15, 0.2) is 11.6 Å². The van der Waals surface area contributed by atoms with Gasteiger partial charge in [-0.15, -0.1) is 0 Å². The minimum Gasteiger partial charge on any atom is -0.494 e. The normalized spacial score (nSPS) is 26.6. The van der Waals surface area contributed by atoms with Gasteiger partial charge >= 0.3 is 0 Å². The van der Waals surface area contributed by atoms with E-state index in [0.29, 0.717) is 16.7 Å². The summed E-state index contributed by atoms with van der Waals surface area (Å²) < 4.78 is 30.4. The Morgan fingerprint density at radius 1 is 1.06 bits per heavy atom. The number of rotatable bonds is 7. The molecule has 10 heteroatoms. The van der Waals surface area contributed by atoms with E-state index >= 15 is 0 Å². The van der Waals surface area contributed by atoms with E-state index in [2.05, 4.69) is 0 Å². The topological polar surface area (TPSA) is 129 Å². The van der Waals surface area contributed by atoms with Crippen LogP contribution in [0, 0.1) is 5.82 Å². The SMILES string of the molecule is COc1ccc(Cc2c(Cl)cc(CO)cc2O[C@@H]2O[C@H](C(C)O)[C@@H](O)[C@H](O)[C@H]2O)cc1F. The van der Waals surface area contributed by atoms with Crippen molar-refractivity contribution in [1.29, 1.82) is 0 Å². The average Bonchev–Trinajstić information content (AvgIpc) is 2.75. The van der Waals surface area contributed by atoms with Crippen LogP contribution < -0.4 is 9.47 Å². The van der Waals surface area contributed by atoms with Gasteiger partial charge in [0.25, 0.3) is 0 Å². The number of ether oxygens (including phenoxy) is 3. The second-order valence-electron chi connectivity index (χ2n) is 7.66. The van der Waals surface area contributed by atoms with Gasteiger partial charge in [0.05, 0.1) is 19.8 Å². The fourth-order valence-corrected chi connectivity index (χ4v) is 3.85. The van der Waals surface area contributed by atoms with Crippen LogP contribution in [-0.4, -0.2) is 69.5 Å². The minimum absolute atomic E-state index is 0.0855. The van der Waals surface area contributed by atoms with Crippen LogP contribution in [0.2, 0.25) is 5.02 Å². The summed E-state index contributed by atoms with van der Waals surface area (Å²) in [6.07, 6.45) is -8.49. The summed E-state index contributed by atoms with van der Waals surface area (Å²) in [5.74, 6) is -0.351. The molecule has 2 aromatic rings. The molecule has 1 saturated heterocycles. The van der Waals surface area contributed by atoms with Crippen molar-refractivity contribution in [3.8, 4) is 11.5 Å². The first-order chi connectivity index (χ1) is 15.2. The third-order valence-electron chi connectivity index (χ3n) is 5.32. The van der Waals surface area contributed by atoms with Crippen molar-refractivity contribution >= 4 is 11.6 Å². The second kappa shape index (κ2) is 10.3. The first-order valence-electron chi connectivity index (χ1n) is 9.95. The quantitative estimate of drug-likeness (QED) is 0.406. The Hall–Kier alpha value is -1.98. The maximum absolute atomic E-state index is 14.1. The van der Waals surface area contributed by atoms with Crippen LogP contribution in [0.3, 0.4) is 0 Å². The van der Waals surface area contributed by atoms with E-state index in [9.17, 15) is 29.9 Å². The molecule has 0 spiro atoms. The monoisotopic (exact) mass is 472 g/mol. The molecule has 6 atom stereocenters. The number of halogens is 2. The zero-order valence-electron chi connectivity index (χ0n) is 17.5. The Labute approximate surface area is 189 Å². The third kappa shape index (κ3) is 5.15. The van der Waals surface area contributed by atoms with Gasteiger partial charge in [-0.25, -0.2) is 4.39 Å². The highest BCUT2D eigenvalue weighted by Gasteiger charge is 2.46. The molecule has 1 heterocycles. The molecular weight excluding hydrogens is 447 g/mol. The largest absolute Gasteiger partial charge is 0.494 e. The zero-order valence-corrected chi connectivity index (χ0v) is 18.2. The van der Waals surface area contributed by atoms with Gasteiger partial charge in [-0.2, -0.15) is 0 Å². The van der Waals surface area contributed by atoms with Gasteiger partial charge < -0.3 is 39.7 Å². The molecule has 176 valence electrons. The summed E-state index contributed by atoms with van der Waals surface area (Å²) in [6, 6.07) is 7.41. The molecule has 8 nitrogen and oxygen atoms in total. The van der Waals surface area contributed by atoms with Crippen molar-refractivity contribution in [2.24, 2.45) is 0 Å². The van der Waals surface area contributed by atoms with E-state index < -0.39 is 42.6 Å². The van der Waals surface area contributed by atoms with Crippen molar-refractivity contribution in [2.75, 3.05) is 7.11 Å². The highest BCUT2D eigenvalue weighted by Crippen LogP contribution is 2.34. The van der Waals surface area contributed by atoms with Crippen LogP contribution in [0.1, 0.15) is 23.6 Å². The van der Waals surface area contributed by atoms with E-state index in [0.717, 1.165) is 0 Å². The van der Waals surface area contributed by atoms with Gasteiger partial charge in [0, 0.05) is 17.0 Å². The Kier molecular flexibility index (Phi) is 7.94. The molecule has 5 N–H and O–H groups in total. The van der Waals surface area contributed by atoms with E-state index in [1.54, 1.807) is 6.07 Å². The van der Waals surface area contributed by atoms with Crippen LogP contribution in [0.25, 0.3) is 0 Å². The number of hydrogen-bond donors (Lipinski definition) is 5. The fraction of sp³-hybridized carbons (Fsp3) is 0.455. The Bertz CT molecular complexity index is 940. The van der Waals surface area contributed by atoms with Crippen molar-refractivity contribution < 1.29 is 44.1 Å². The van der Waals surface area contributed by atoms with Crippen molar-refractivity contribution in [3.05, 3.63) is 57.9 Å². The summed E-state index contributed by atoms with van der Waals surface area (Å²) >= 11 is 6.40. The first-order valence-corrected chi connectivity index (χ1v) is 10.3. The number of aliphatic hydroxyl groups is 5. The minimum atomic E-state index is -1.64. The first kappa shape index (κ1) is 24.7. The molecule has 0 bridgehead atoms. The molecule has 1 fully saturated rings. The molecule has 0 saturated carbocycles. The average molecular weight is 473 g/mol. The number of aliphatic hydroxyl groups excluding tert-OH is 5. The summed E-state index contributed by atoms with van der Waals surface area (Å²) in [5, 5.41) is 50.2. The molecule has 1 aliphatic rings. The van der Waals surface area contributed by atoms with Gasteiger partial charge in [0.1, 0.15) is 30.2 Å². The van der Waals surface area contributed by atoms with Crippen LogP contribution in [0.5, 0.6) is 11.5 Å². The van der Waals surface area contributed by atoms with Gasteiger partial charge in [-0.1, -0.05) is 17.7 Å². The predicted octanol–water partition coefficient (Wildman–Crippen LogP) is 1.14. The standard InChI is InChI=1S/C22H26ClFO8/c1-10(26)21-19(28)18(27)20(29)22(32-21)31-17-8-12(9-25)6-14(23)13(17)5-11-3-4-16(30-2)15(24)7-11/h3-4,6-8,10,18-22,25-29H,5,9H2,1-2H3/t10?,18-,19-,20+,21+,22+/m0/s1. The maximum Gasteiger partial charge on any atom is 0.229 e. The van der Waals surface area contributed by atoms with Crippen molar-refractivity contribution in [1.82, 2.24) is 0 Å². The third-order valence-corrected chi connectivity index (χ3v) is 5.66. The molecular formula is C22H26ClFO8. The van der Waals surface area contributed by atoms with Gasteiger partial charge in [-0.3, -0.25) is 0 Å². The van der Waals surface area contributed by atoms with Crippen molar-refractivity contribution in [2.45, 2.75) is 56.8 Å². The summed E-state index contributed by atoms with van der Waals surface area (Å²) in [4.78, 5) is 0. The Morgan fingerprint density at radius 3 is 2.38 bits per heavy atom. The lowest BCUT2D eigenvalue weighted by Gasteiger charge is -2.41. The van der Waals surface area contributed by atoms with Crippen molar-refractivity contribution in [3.63, 3.8) is 0 Å². The van der Waals surface area contributed by atoms with Crippen LogP contribution in [0.4, 0.5) is 4.39 Å². The Morgan fingerprint density at radius 2 is 1.78 bits per heavy atom. The molecule has 0 amide bonds. The maximum atomic E-state index is 14.1. The van der Waals surface area contributed by atoms with E-state index in [4.69, 9.17) is 25.8 Å². The van der Waals surface area contributed by atoms with Crippen LogP contribution in [-0.2, 0) is 17.8 Å². The van der Waals surface area contributed by atoms with E-state index in [1.807, 2.05) is 0 Å². The molecule has 1 aliphatic heterocycles. The lowest BCUT2D eigenvalue weighted by atomic mass is 9.96. The fourth-order valence-electron chi connectivity index (χ4n) is 3.55. The summed E-state index contributed by atoms with van der Waals surface area (Å²) in [6.45, 7) is 1.02. The summed E-state index contributed by atoms with van der Waals surface area (Å²) in [7, 11) is 1.36. The second-order valence-corrected chi connectivity index (χ2v) is 8.06. The van der Waals surface area contributed by atoms with Crippen LogP contribution >= 0.6 is 11.6 Å². The molecule has 0 aliphatic carbocycles. The molecule has 32 heavy (non-hydrogen) atoms. The highest BCUT2D eigenvalue weighted by molar-refractivity contribution is 6.31. The molecule has 0 radical (unpaired) electrons. The predicted molar refractivity (Wildman–Crippen MR) is 112 cm³/mol. The lowest BCUT2D eigenvalue weighted by Crippen LogP contribution is -2.61. The van der Waals surface area contributed by atoms with Crippen LogP contribution in [0.15, 0.2) is 30.3 Å². The van der Waals surface area contributed by atoms with E-state index in [-0.39, 0.29) is 29.5 Å². The Balaban J connectivity index is 1.94. The number of hydrogen-bond acceptors (Lipinski definition) is 8. The number of methoxy groups -OCH3 is 1. The highest BCUT2D eigenvalue weighted by atomic mass is 35.5. The molecule has 2 aromatic carbocycles. The van der Waals surface area contributed by atoms with Gasteiger partial charge in [-0.05, 0) is 42.3 Å². The van der Waals surface area contributed by atoms with E-state index in [1.165, 1.54) is 38.3 Å².